The smallest absolute Gasteiger partial charge is 0.337 e. The van der Waals surface area contributed by atoms with Crippen LogP contribution in [0.2, 0.25) is 0 Å². The predicted molar refractivity (Wildman–Crippen MR) is 84.8 cm³/mol. The first kappa shape index (κ1) is 14.6. The molecule has 1 atom stereocenters. The van der Waals surface area contributed by atoms with Gasteiger partial charge in [0.1, 0.15) is 0 Å². The van der Waals surface area contributed by atoms with Crippen molar-refractivity contribution < 1.29 is 14.7 Å². The van der Waals surface area contributed by atoms with E-state index in [1.807, 2.05) is 29.5 Å². The maximum absolute atomic E-state index is 12.3. The zero-order valence-electron chi connectivity index (χ0n) is 10.4. The first-order valence-corrected chi connectivity index (χ1v) is 7.97. The fourth-order valence-corrected chi connectivity index (χ4v) is 3.72. The fourth-order valence-electron chi connectivity index (χ4n) is 2.02. The number of rotatable bonds is 3. The van der Waals surface area contributed by atoms with E-state index in [1.165, 1.54) is 0 Å². The van der Waals surface area contributed by atoms with Crippen molar-refractivity contribution >= 4 is 51.9 Å². The molecule has 1 aliphatic rings. The average Bonchev–Trinajstić information content (AvgIpc) is 2.79. The minimum Gasteiger partial charge on any atom is -0.478 e. The Morgan fingerprint density at radius 1 is 1.47 bits per heavy atom. The summed E-state index contributed by atoms with van der Waals surface area (Å²) in [5.74, 6) is -0.167. The van der Waals surface area contributed by atoms with Crippen molar-refractivity contribution in [1.82, 2.24) is 0 Å². The number of thioether (sulfide) groups is 1. The van der Waals surface area contributed by atoms with Crippen molar-refractivity contribution in [1.29, 1.82) is 0 Å². The highest BCUT2D eigenvalue weighted by Gasteiger charge is 2.37. The molecule has 0 aromatic heterocycles. The van der Waals surface area contributed by atoms with Crippen molar-refractivity contribution in [2.24, 2.45) is 0 Å². The SMILES string of the molecule is CC1(C(=O)Nc2ccc(I)cc2C(=O)O)CCCS1. The second-order valence-corrected chi connectivity index (χ2v) is 7.48. The van der Waals surface area contributed by atoms with Crippen LogP contribution < -0.4 is 5.32 Å². The minimum atomic E-state index is -1.03. The Kier molecular flexibility index (Phi) is 4.39. The van der Waals surface area contributed by atoms with Gasteiger partial charge in [0.25, 0.3) is 0 Å². The zero-order chi connectivity index (χ0) is 14.0. The van der Waals surface area contributed by atoms with Gasteiger partial charge in [0.2, 0.25) is 5.91 Å². The molecular weight excluding hydrogens is 377 g/mol. The summed E-state index contributed by atoms with van der Waals surface area (Å²) in [6, 6.07) is 4.99. The molecule has 1 unspecified atom stereocenters. The second kappa shape index (κ2) is 5.70. The van der Waals surface area contributed by atoms with Crippen molar-refractivity contribution in [2.75, 3.05) is 11.1 Å². The Morgan fingerprint density at radius 3 is 2.79 bits per heavy atom. The topological polar surface area (TPSA) is 66.4 Å². The number of anilines is 1. The van der Waals surface area contributed by atoms with Gasteiger partial charge < -0.3 is 10.4 Å². The molecule has 1 aromatic carbocycles. The number of hydrogen-bond acceptors (Lipinski definition) is 3. The molecule has 0 saturated carbocycles. The minimum absolute atomic E-state index is 0.112. The monoisotopic (exact) mass is 391 g/mol. The Morgan fingerprint density at radius 2 is 2.21 bits per heavy atom. The number of nitrogens with one attached hydrogen (secondary N) is 1. The quantitative estimate of drug-likeness (QED) is 0.777. The Hall–Kier alpha value is -0.760. The Labute approximate surface area is 129 Å². The summed E-state index contributed by atoms with van der Waals surface area (Å²) in [5.41, 5.74) is 0.499. The van der Waals surface area contributed by atoms with Gasteiger partial charge >= 0.3 is 5.97 Å². The van der Waals surface area contributed by atoms with E-state index in [1.54, 1.807) is 30.0 Å². The van der Waals surface area contributed by atoms with Gasteiger partial charge in [0, 0.05) is 3.57 Å². The normalized spacial score (nSPS) is 22.2. The average molecular weight is 391 g/mol. The standard InChI is InChI=1S/C13H14INO3S/c1-13(5-2-6-19-13)12(18)15-10-4-3-8(14)7-9(10)11(16)17/h3-4,7H,2,5-6H2,1H3,(H,15,18)(H,16,17). The van der Waals surface area contributed by atoms with Gasteiger partial charge in [-0.25, -0.2) is 4.79 Å². The van der Waals surface area contributed by atoms with Crippen LogP contribution in [0.25, 0.3) is 0 Å². The van der Waals surface area contributed by atoms with Crippen LogP contribution in [0.3, 0.4) is 0 Å². The number of carboxylic acid groups (broad SMARTS) is 1. The van der Waals surface area contributed by atoms with E-state index in [-0.39, 0.29) is 11.5 Å². The number of halogens is 1. The molecule has 0 bridgehead atoms. The van der Waals surface area contributed by atoms with Crippen LogP contribution in [0.4, 0.5) is 5.69 Å². The molecule has 0 aliphatic carbocycles. The molecule has 0 spiro atoms. The summed E-state index contributed by atoms with van der Waals surface area (Å²) >= 11 is 3.68. The lowest BCUT2D eigenvalue weighted by Crippen LogP contribution is -2.35. The number of amides is 1. The van der Waals surface area contributed by atoms with E-state index in [0.717, 1.165) is 22.2 Å². The summed E-state index contributed by atoms with van der Waals surface area (Å²) in [7, 11) is 0. The summed E-state index contributed by atoms with van der Waals surface area (Å²) in [6.45, 7) is 1.91. The third-order valence-electron chi connectivity index (χ3n) is 3.16. The number of aromatic carboxylic acids is 1. The van der Waals surface area contributed by atoms with E-state index in [0.29, 0.717) is 5.69 Å². The lowest BCUT2D eigenvalue weighted by Gasteiger charge is -2.22. The lowest BCUT2D eigenvalue weighted by atomic mass is 10.0. The molecule has 2 rings (SSSR count). The van der Waals surface area contributed by atoms with Crippen LogP contribution in [0.5, 0.6) is 0 Å². The summed E-state index contributed by atoms with van der Waals surface area (Å²) in [4.78, 5) is 23.5. The van der Waals surface area contributed by atoms with Crippen molar-refractivity contribution in [3.63, 3.8) is 0 Å². The first-order valence-electron chi connectivity index (χ1n) is 5.91. The number of benzene rings is 1. The maximum atomic E-state index is 12.3. The van der Waals surface area contributed by atoms with Gasteiger partial charge in [0.05, 0.1) is 16.0 Å². The van der Waals surface area contributed by atoms with Gasteiger partial charge in [0.15, 0.2) is 0 Å². The fraction of sp³-hybridized carbons (Fsp3) is 0.385. The van der Waals surface area contributed by atoms with Crippen LogP contribution in [0.15, 0.2) is 18.2 Å². The Balaban J connectivity index is 2.23. The van der Waals surface area contributed by atoms with Crippen LogP contribution in [-0.4, -0.2) is 27.5 Å². The third kappa shape index (κ3) is 3.22. The Bertz CT molecular complexity index is 527. The molecule has 1 fully saturated rings. The van der Waals surface area contributed by atoms with E-state index < -0.39 is 10.7 Å². The number of carboxylic acids is 1. The van der Waals surface area contributed by atoms with E-state index in [9.17, 15) is 14.7 Å². The van der Waals surface area contributed by atoms with Gasteiger partial charge in [-0.15, -0.1) is 11.8 Å². The molecule has 1 saturated heterocycles. The van der Waals surface area contributed by atoms with Gasteiger partial charge in [-0.05, 0) is 66.3 Å². The first-order chi connectivity index (χ1) is 8.92. The molecule has 1 aromatic rings. The highest BCUT2D eigenvalue weighted by atomic mass is 127. The number of carbonyl (C=O) groups is 2. The molecule has 1 aliphatic heterocycles. The molecule has 4 nitrogen and oxygen atoms in total. The summed E-state index contributed by atoms with van der Waals surface area (Å²) in [6.07, 6.45) is 1.85. The van der Waals surface area contributed by atoms with Crippen LogP contribution in [-0.2, 0) is 4.79 Å². The van der Waals surface area contributed by atoms with Crippen LogP contribution in [0.1, 0.15) is 30.1 Å². The highest BCUT2D eigenvalue weighted by molar-refractivity contribution is 14.1. The summed E-state index contributed by atoms with van der Waals surface area (Å²) in [5, 5.41) is 11.9. The van der Waals surface area contributed by atoms with Crippen molar-refractivity contribution in [2.45, 2.75) is 24.5 Å². The number of hydrogen-bond donors (Lipinski definition) is 2. The molecule has 1 heterocycles. The van der Waals surface area contributed by atoms with Crippen LogP contribution in [0, 0.1) is 3.57 Å². The van der Waals surface area contributed by atoms with Crippen molar-refractivity contribution in [3.05, 3.63) is 27.3 Å². The molecule has 19 heavy (non-hydrogen) atoms. The number of carbonyl (C=O) groups excluding carboxylic acids is 1. The van der Waals surface area contributed by atoms with Crippen LogP contribution >= 0.6 is 34.4 Å². The summed E-state index contributed by atoms with van der Waals surface area (Å²) < 4.78 is 0.383. The zero-order valence-corrected chi connectivity index (χ0v) is 13.4. The molecular formula is C13H14INO3S. The second-order valence-electron chi connectivity index (χ2n) is 4.63. The lowest BCUT2D eigenvalue weighted by molar-refractivity contribution is -0.118. The molecule has 2 N–H and O–H groups in total. The van der Waals surface area contributed by atoms with Gasteiger partial charge in [-0.2, -0.15) is 0 Å². The largest absolute Gasteiger partial charge is 0.478 e. The maximum Gasteiger partial charge on any atom is 0.337 e. The van der Waals surface area contributed by atoms with E-state index in [4.69, 9.17) is 0 Å². The highest BCUT2D eigenvalue weighted by Crippen LogP contribution is 2.38. The molecule has 102 valence electrons. The molecule has 1 amide bonds. The van der Waals surface area contributed by atoms with Crippen molar-refractivity contribution in [3.8, 4) is 0 Å². The molecule has 6 heteroatoms. The van der Waals surface area contributed by atoms with Gasteiger partial charge in [-0.3, -0.25) is 4.79 Å². The molecule has 0 radical (unpaired) electrons. The predicted octanol–water partition coefficient (Wildman–Crippen LogP) is 3.21. The van der Waals surface area contributed by atoms with E-state index >= 15 is 0 Å². The van der Waals surface area contributed by atoms with E-state index in [2.05, 4.69) is 5.32 Å². The third-order valence-corrected chi connectivity index (χ3v) is 5.35. The van der Waals surface area contributed by atoms with Gasteiger partial charge in [-0.1, -0.05) is 0 Å².